The summed E-state index contributed by atoms with van der Waals surface area (Å²) in [5.74, 6) is -1.82. The average Bonchev–Trinajstić information content (AvgIpc) is 2.57. The van der Waals surface area contributed by atoms with Gasteiger partial charge in [-0.15, -0.1) is 0 Å². The van der Waals surface area contributed by atoms with Crippen LogP contribution in [-0.4, -0.2) is 57.9 Å². The van der Waals surface area contributed by atoms with E-state index in [4.69, 9.17) is 16.3 Å². The van der Waals surface area contributed by atoms with Crippen molar-refractivity contribution < 1.29 is 27.5 Å². The minimum absolute atomic E-state index is 0.0335. The molecule has 1 aromatic rings. The zero-order valence-corrected chi connectivity index (χ0v) is 16.1. The summed E-state index contributed by atoms with van der Waals surface area (Å²) in [6.45, 7) is 1.51. The van der Waals surface area contributed by atoms with Crippen molar-refractivity contribution in [1.29, 1.82) is 0 Å². The number of benzene rings is 1. The molecule has 0 saturated carbocycles. The van der Waals surface area contributed by atoms with E-state index in [2.05, 4.69) is 5.32 Å². The maximum Gasteiger partial charge on any atom is 0.340 e. The number of esters is 1. The molecule has 0 aromatic heterocycles. The van der Waals surface area contributed by atoms with Crippen LogP contribution in [0.5, 0.6) is 0 Å². The van der Waals surface area contributed by atoms with Crippen molar-refractivity contribution in [2.24, 2.45) is 0 Å². The van der Waals surface area contributed by atoms with Gasteiger partial charge in [0.05, 0.1) is 15.5 Å². The zero-order valence-electron chi connectivity index (χ0n) is 14.5. The number of rotatable bonds is 7. The quantitative estimate of drug-likeness (QED) is 0.652. The van der Waals surface area contributed by atoms with E-state index < -0.39 is 34.5 Å². The van der Waals surface area contributed by atoms with Gasteiger partial charge in [-0.05, 0) is 24.6 Å². The van der Waals surface area contributed by atoms with E-state index in [0.717, 1.165) is 10.4 Å². The third-order valence-electron chi connectivity index (χ3n) is 3.06. The summed E-state index contributed by atoms with van der Waals surface area (Å²) in [5, 5.41) is 4.37. The van der Waals surface area contributed by atoms with Crippen LogP contribution in [-0.2, 0) is 19.6 Å². The number of nitrogens with zero attached hydrogens (tertiary/aromatic N) is 1. The van der Waals surface area contributed by atoms with Crippen molar-refractivity contribution in [3.05, 3.63) is 28.8 Å². The Kier molecular flexibility index (Phi) is 8.00. The van der Waals surface area contributed by atoms with Crippen molar-refractivity contribution >= 4 is 39.5 Å². The molecule has 1 rings (SSSR count). The molecule has 0 unspecified atom stereocenters. The van der Waals surface area contributed by atoms with Crippen molar-refractivity contribution in [3.63, 3.8) is 0 Å². The van der Waals surface area contributed by atoms with Crippen LogP contribution in [0.2, 0.25) is 5.02 Å². The van der Waals surface area contributed by atoms with Crippen LogP contribution in [0.1, 0.15) is 23.7 Å². The van der Waals surface area contributed by atoms with Gasteiger partial charge in [0, 0.05) is 20.6 Å². The van der Waals surface area contributed by atoms with Crippen molar-refractivity contribution in [1.82, 2.24) is 14.9 Å². The van der Waals surface area contributed by atoms with E-state index in [1.807, 2.05) is 12.2 Å². The van der Waals surface area contributed by atoms with Gasteiger partial charge in [-0.1, -0.05) is 18.5 Å². The van der Waals surface area contributed by atoms with E-state index >= 15 is 0 Å². The number of urea groups is 1. The predicted octanol–water partition coefficient (Wildman–Crippen LogP) is 0.983. The second-order valence-electron chi connectivity index (χ2n) is 5.31. The summed E-state index contributed by atoms with van der Waals surface area (Å²) in [4.78, 5) is 34.8. The van der Waals surface area contributed by atoms with Gasteiger partial charge in [0.1, 0.15) is 0 Å². The Balaban J connectivity index is 2.79. The highest BCUT2D eigenvalue weighted by Gasteiger charge is 2.22. The van der Waals surface area contributed by atoms with Gasteiger partial charge in [0.25, 0.3) is 5.91 Å². The Labute approximate surface area is 156 Å². The Morgan fingerprint density at radius 1 is 1.23 bits per heavy atom. The number of halogens is 1. The number of ether oxygens (including phenoxy) is 1. The molecule has 0 fully saturated rings. The molecule has 9 nitrogen and oxygen atoms in total. The summed E-state index contributed by atoms with van der Waals surface area (Å²) < 4.78 is 30.0. The van der Waals surface area contributed by atoms with Gasteiger partial charge in [-0.3, -0.25) is 10.1 Å². The lowest BCUT2D eigenvalue weighted by Gasteiger charge is -2.13. The Morgan fingerprint density at radius 3 is 2.46 bits per heavy atom. The van der Waals surface area contributed by atoms with Crippen LogP contribution < -0.4 is 10.6 Å². The van der Waals surface area contributed by atoms with Gasteiger partial charge >= 0.3 is 12.0 Å². The predicted molar refractivity (Wildman–Crippen MR) is 94.4 cm³/mol. The minimum atomic E-state index is -3.77. The van der Waals surface area contributed by atoms with E-state index in [0.29, 0.717) is 13.0 Å². The molecule has 3 amide bonds. The number of carbonyl (C=O) groups excluding carboxylic acids is 3. The number of amides is 3. The number of carbonyl (C=O) groups is 3. The number of hydrogen-bond acceptors (Lipinski definition) is 6. The summed E-state index contributed by atoms with van der Waals surface area (Å²) in [7, 11) is -1.08. The smallest absolute Gasteiger partial charge is 0.340 e. The minimum Gasteiger partial charge on any atom is -0.452 e. The molecular weight excluding hydrogens is 386 g/mol. The molecule has 0 spiro atoms. The van der Waals surface area contributed by atoms with Gasteiger partial charge in [-0.25, -0.2) is 22.3 Å². The summed E-state index contributed by atoms with van der Waals surface area (Å²) in [6, 6.07) is 2.85. The molecule has 0 saturated heterocycles. The first-order chi connectivity index (χ1) is 12.1. The number of hydrogen-bond donors (Lipinski definition) is 2. The topological polar surface area (TPSA) is 122 Å². The first kappa shape index (κ1) is 21.9. The second-order valence-corrected chi connectivity index (χ2v) is 7.87. The molecule has 0 atom stereocenters. The number of imide groups is 1. The van der Waals surface area contributed by atoms with Crippen molar-refractivity contribution in [3.8, 4) is 0 Å². The normalized spacial score (nSPS) is 11.1. The molecular formula is C15H20ClN3O6S. The van der Waals surface area contributed by atoms with E-state index in [9.17, 15) is 22.8 Å². The summed E-state index contributed by atoms with van der Waals surface area (Å²) >= 11 is 5.90. The Morgan fingerprint density at radius 2 is 1.88 bits per heavy atom. The second kappa shape index (κ2) is 9.51. The first-order valence-electron chi connectivity index (χ1n) is 7.56. The van der Waals surface area contributed by atoms with E-state index in [1.165, 1.54) is 26.2 Å². The third kappa shape index (κ3) is 5.97. The Hall–Kier alpha value is -2.17. The molecule has 0 aliphatic heterocycles. The van der Waals surface area contributed by atoms with Crippen LogP contribution in [0.25, 0.3) is 0 Å². The lowest BCUT2D eigenvalue weighted by Crippen LogP contribution is -2.41. The molecule has 0 aliphatic carbocycles. The van der Waals surface area contributed by atoms with Gasteiger partial charge < -0.3 is 10.1 Å². The zero-order chi connectivity index (χ0) is 19.9. The van der Waals surface area contributed by atoms with E-state index in [1.54, 1.807) is 0 Å². The molecule has 0 aliphatic rings. The molecule has 11 heteroatoms. The highest BCUT2D eigenvalue weighted by molar-refractivity contribution is 7.89. The average molecular weight is 406 g/mol. The van der Waals surface area contributed by atoms with Crippen LogP contribution in [0, 0.1) is 0 Å². The molecule has 1 aromatic carbocycles. The fourth-order valence-corrected chi connectivity index (χ4v) is 2.81. The first-order valence-corrected chi connectivity index (χ1v) is 9.38. The van der Waals surface area contributed by atoms with Gasteiger partial charge in [0.15, 0.2) is 6.61 Å². The highest BCUT2D eigenvalue weighted by Crippen LogP contribution is 2.22. The highest BCUT2D eigenvalue weighted by atomic mass is 35.5. The monoisotopic (exact) mass is 405 g/mol. The van der Waals surface area contributed by atoms with Crippen molar-refractivity contribution in [2.45, 2.75) is 18.2 Å². The maximum atomic E-state index is 12.1. The molecule has 2 N–H and O–H groups in total. The van der Waals surface area contributed by atoms with Crippen LogP contribution in [0.3, 0.4) is 0 Å². The number of sulfonamides is 1. The van der Waals surface area contributed by atoms with Gasteiger partial charge in [0.2, 0.25) is 10.0 Å². The Bertz CT molecular complexity index is 795. The fourth-order valence-electron chi connectivity index (χ4n) is 1.69. The van der Waals surface area contributed by atoms with Crippen LogP contribution in [0.15, 0.2) is 23.1 Å². The number of nitrogens with one attached hydrogen (secondary N) is 2. The molecule has 0 heterocycles. The van der Waals surface area contributed by atoms with Crippen LogP contribution >= 0.6 is 11.6 Å². The molecule has 144 valence electrons. The standard InChI is InChI=1S/C15H20ClN3O6S/c1-4-7-17-15(22)18-13(20)9-25-14(21)11-8-10(5-6-12(11)16)26(23,24)19(2)3/h5-6,8H,4,7,9H2,1-3H3,(H2,17,18,20,22). The molecule has 26 heavy (non-hydrogen) atoms. The maximum absolute atomic E-state index is 12.1. The summed E-state index contributed by atoms with van der Waals surface area (Å²) in [6.07, 6.45) is 0.696. The van der Waals surface area contributed by atoms with Gasteiger partial charge in [-0.2, -0.15) is 0 Å². The summed E-state index contributed by atoms with van der Waals surface area (Å²) in [5.41, 5.74) is -0.210. The fraction of sp³-hybridized carbons (Fsp3) is 0.400. The SMILES string of the molecule is CCCNC(=O)NC(=O)COC(=O)c1cc(S(=O)(=O)N(C)C)ccc1Cl. The third-order valence-corrected chi connectivity index (χ3v) is 5.20. The molecule has 0 bridgehead atoms. The lowest BCUT2D eigenvalue weighted by atomic mass is 10.2. The lowest BCUT2D eigenvalue weighted by molar-refractivity contribution is -0.123. The van der Waals surface area contributed by atoms with E-state index in [-0.39, 0.29) is 15.5 Å². The van der Waals surface area contributed by atoms with Crippen LogP contribution in [0.4, 0.5) is 4.79 Å². The largest absolute Gasteiger partial charge is 0.452 e. The van der Waals surface area contributed by atoms with Crippen molar-refractivity contribution in [2.75, 3.05) is 27.2 Å². The molecule has 0 radical (unpaired) electrons.